The standard InChI is InChI=1S/C9H10N2O2S2/c12-15(13,9-4-2-6-14-9)11-7-8-3-1-5-10-8/h1-6,10-11H,7H2. The molecule has 0 aliphatic heterocycles. The zero-order valence-corrected chi connectivity index (χ0v) is 9.44. The molecule has 0 saturated carbocycles. The molecule has 2 rings (SSSR count). The number of hydrogen-bond acceptors (Lipinski definition) is 3. The van der Waals surface area contributed by atoms with Gasteiger partial charge < -0.3 is 4.98 Å². The average Bonchev–Trinajstić information content (AvgIpc) is 2.88. The molecule has 0 amide bonds. The molecule has 0 fully saturated rings. The highest BCUT2D eigenvalue weighted by atomic mass is 32.2. The second-order valence-corrected chi connectivity index (χ2v) is 5.89. The van der Waals surface area contributed by atoms with Crippen LogP contribution in [0.1, 0.15) is 5.69 Å². The fraction of sp³-hybridized carbons (Fsp3) is 0.111. The third kappa shape index (κ3) is 2.47. The maximum absolute atomic E-state index is 11.7. The Morgan fingerprint density at radius 2 is 2.20 bits per heavy atom. The average molecular weight is 242 g/mol. The van der Waals surface area contributed by atoms with Crippen LogP contribution in [0.2, 0.25) is 0 Å². The molecule has 0 unspecified atom stereocenters. The largest absolute Gasteiger partial charge is 0.364 e. The van der Waals surface area contributed by atoms with E-state index in [9.17, 15) is 8.42 Å². The van der Waals surface area contributed by atoms with Gasteiger partial charge in [-0.1, -0.05) is 6.07 Å². The van der Waals surface area contributed by atoms with Gasteiger partial charge in [0.2, 0.25) is 10.0 Å². The first kappa shape index (κ1) is 10.4. The molecule has 0 aliphatic carbocycles. The zero-order chi connectivity index (χ0) is 10.7. The molecular formula is C9H10N2O2S2. The number of sulfonamides is 1. The first-order chi connectivity index (χ1) is 7.18. The van der Waals surface area contributed by atoms with Gasteiger partial charge in [0.1, 0.15) is 4.21 Å². The molecule has 0 aliphatic rings. The van der Waals surface area contributed by atoms with Crippen LogP contribution in [-0.4, -0.2) is 13.4 Å². The summed E-state index contributed by atoms with van der Waals surface area (Å²) in [6, 6.07) is 6.96. The van der Waals surface area contributed by atoms with Gasteiger partial charge in [0.05, 0.1) is 6.54 Å². The lowest BCUT2D eigenvalue weighted by atomic mass is 10.4. The number of nitrogens with one attached hydrogen (secondary N) is 2. The van der Waals surface area contributed by atoms with Crippen LogP contribution in [-0.2, 0) is 16.6 Å². The normalized spacial score (nSPS) is 11.7. The fourth-order valence-corrected chi connectivity index (χ4v) is 3.18. The van der Waals surface area contributed by atoms with E-state index in [-0.39, 0.29) is 6.54 Å². The van der Waals surface area contributed by atoms with Gasteiger partial charge >= 0.3 is 0 Å². The first-order valence-electron chi connectivity index (χ1n) is 4.34. The molecule has 80 valence electrons. The van der Waals surface area contributed by atoms with Crippen molar-refractivity contribution in [2.24, 2.45) is 0 Å². The van der Waals surface area contributed by atoms with E-state index in [1.807, 2.05) is 12.1 Å². The van der Waals surface area contributed by atoms with Crippen molar-refractivity contribution >= 4 is 21.4 Å². The second kappa shape index (κ2) is 4.18. The molecule has 2 heterocycles. The quantitative estimate of drug-likeness (QED) is 0.854. The number of thiophene rings is 1. The lowest BCUT2D eigenvalue weighted by Gasteiger charge is -2.02. The summed E-state index contributed by atoms with van der Waals surface area (Å²) in [5, 5.41) is 1.74. The molecule has 0 radical (unpaired) electrons. The first-order valence-corrected chi connectivity index (χ1v) is 6.70. The van der Waals surface area contributed by atoms with Gasteiger partial charge in [-0.05, 0) is 23.6 Å². The van der Waals surface area contributed by atoms with E-state index in [0.29, 0.717) is 4.21 Å². The van der Waals surface area contributed by atoms with Gasteiger partial charge in [0.15, 0.2) is 0 Å². The number of rotatable bonds is 4. The van der Waals surface area contributed by atoms with Gasteiger partial charge in [-0.2, -0.15) is 0 Å². The van der Waals surface area contributed by atoms with Gasteiger partial charge in [-0.15, -0.1) is 11.3 Å². The van der Waals surface area contributed by atoms with E-state index < -0.39 is 10.0 Å². The summed E-state index contributed by atoms with van der Waals surface area (Å²) in [7, 11) is -3.34. The smallest absolute Gasteiger partial charge is 0.250 e. The number of aromatic amines is 1. The van der Waals surface area contributed by atoms with Gasteiger partial charge in [-0.25, -0.2) is 13.1 Å². The molecule has 15 heavy (non-hydrogen) atoms. The Morgan fingerprint density at radius 1 is 1.33 bits per heavy atom. The molecule has 0 bridgehead atoms. The third-order valence-corrected chi connectivity index (χ3v) is 4.67. The van der Waals surface area contributed by atoms with Gasteiger partial charge in [-0.3, -0.25) is 0 Å². The summed E-state index contributed by atoms with van der Waals surface area (Å²) < 4.78 is 26.2. The van der Waals surface area contributed by atoms with E-state index >= 15 is 0 Å². The van der Waals surface area contributed by atoms with Gasteiger partial charge in [0, 0.05) is 11.9 Å². The predicted molar refractivity (Wildman–Crippen MR) is 59.1 cm³/mol. The van der Waals surface area contributed by atoms with Crippen LogP contribution in [0.15, 0.2) is 40.1 Å². The molecule has 2 N–H and O–H groups in total. The number of aromatic nitrogens is 1. The Hall–Kier alpha value is -1.11. The monoisotopic (exact) mass is 242 g/mol. The maximum atomic E-state index is 11.7. The van der Waals surface area contributed by atoms with Crippen molar-refractivity contribution in [3.05, 3.63) is 41.5 Å². The molecule has 0 aromatic carbocycles. The van der Waals surface area contributed by atoms with Crippen LogP contribution in [0.5, 0.6) is 0 Å². The summed E-state index contributed by atoms with van der Waals surface area (Å²) in [5.41, 5.74) is 0.843. The summed E-state index contributed by atoms with van der Waals surface area (Å²) in [6.07, 6.45) is 1.76. The van der Waals surface area contributed by atoms with E-state index in [1.165, 1.54) is 11.3 Å². The number of H-pyrrole nitrogens is 1. The topological polar surface area (TPSA) is 62.0 Å². The highest BCUT2D eigenvalue weighted by Gasteiger charge is 2.14. The minimum atomic E-state index is -3.34. The maximum Gasteiger partial charge on any atom is 0.250 e. The SMILES string of the molecule is O=S(=O)(NCc1ccc[nH]1)c1cccs1. The molecular weight excluding hydrogens is 232 g/mol. The Labute approximate surface area is 92.0 Å². The summed E-state index contributed by atoms with van der Waals surface area (Å²) in [6.45, 7) is 0.285. The Bertz CT molecular complexity index is 500. The molecule has 4 nitrogen and oxygen atoms in total. The van der Waals surface area contributed by atoms with Gasteiger partial charge in [0.25, 0.3) is 0 Å². The van der Waals surface area contributed by atoms with Crippen molar-refractivity contribution in [2.75, 3.05) is 0 Å². The molecule has 2 aromatic heterocycles. The van der Waals surface area contributed by atoms with Crippen LogP contribution in [0, 0.1) is 0 Å². The van der Waals surface area contributed by atoms with Crippen molar-refractivity contribution in [2.45, 2.75) is 10.8 Å². The summed E-state index contributed by atoms with van der Waals surface area (Å²) in [5.74, 6) is 0. The highest BCUT2D eigenvalue weighted by molar-refractivity contribution is 7.91. The Morgan fingerprint density at radius 3 is 2.80 bits per heavy atom. The van der Waals surface area contributed by atoms with Crippen LogP contribution < -0.4 is 4.72 Å². The van der Waals surface area contributed by atoms with Crippen molar-refractivity contribution in [1.82, 2.24) is 9.71 Å². The van der Waals surface area contributed by atoms with Crippen molar-refractivity contribution < 1.29 is 8.42 Å². The van der Waals surface area contributed by atoms with Crippen LogP contribution in [0.25, 0.3) is 0 Å². The minimum Gasteiger partial charge on any atom is -0.364 e. The molecule has 2 aromatic rings. The molecule has 0 atom stereocenters. The Balaban J connectivity index is 2.06. The van der Waals surface area contributed by atoms with E-state index in [0.717, 1.165) is 5.69 Å². The van der Waals surface area contributed by atoms with E-state index in [1.54, 1.807) is 23.7 Å². The second-order valence-electron chi connectivity index (χ2n) is 2.95. The van der Waals surface area contributed by atoms with Crippen LogP contribution in [0.4, 0.5) is 0 Å². The third-order valence-electron chi connectivity index (χ3n) is 1.87. The molecule has 0 spiro atoms. The number of hydrogen-bond donors (Lipinski definition) is 2. The van der Waals surface area contributed by atoms with Crippen LogP contribution >= 0.6 is 11.3 Å². The van der Waals surface area contributed by atoms with Crippen molar-refractivity contribution in [1.29, 1.82) is 0 Å². The zero-order valence-electron chi connectivity index (χ0n) is 7.80. The van der Waals surface area contributed by atoms with Crippen molar-refractivity contribution in [3.63, 3.8) is 0 Å². The fourth-order valence-electron chi connectivity index (χ4n) is 1.14. The van der Waals surface area contributed by atoms with E-state index in [4.69, 9.17) is 0 Å². The molecule has 6 heteroatoms. The lowest BCUT2D eigenvalue weighted by Crippen LogP contribution is -2.22. The van der Waals surface area contributed by atoms with Crippen LogP contribution in [0.3, 0.4) is 0 Å². The highest BCUT2D eigenvalue weighted by Crippen LogP contribution is 2.15. The Kier molecular flexibility index (Phi) is 2.90. The molecule has 0 saturated heterocycles. The summed E-state index contributed by atoms with van der Waals surface area (Å²) in [4.78, 5) is 2.93. The predicted octanol–water partition coefficient (Wildman–Crippen LogP) is 1.55. The van der Waals surface area contributed by atoms with Crippen molar-refractivity contribution in [3.8, 4) is 0 Å². The minimum absolute atomic E-state index is 0.285. The summed E-state index contributed by atoms with van der Waals surface area (Å²) >= 11 is 1.21. The van der Waals surface area contributed by atoms with E-state index in [2.05, 4.69) is 9.71 Å². The lowest BCUT2D eigenvalue weighted by molar-refractivity contribution is 0.583.